The van der Waals surface area contributed by atoms with Gasteiger partial charge in [0.05, 0.1) is 24.9 Å². The molecular weight excluding hydrogens is 378 g/mol. The van der Waals surface area contributed by atoms with Gasteiger partial charge in [0, 0.05) is 36.3 Å². The van der Waals surface area contributed by atoms with Crippen LogP contribution >= 0.6 is 0 Å². The predicted molar refractivity (Wildman–Crippen MR) is 120 cm³/mol. The van der Waals surface area contributed by atoms with Gasteiger partial charge in [-0.25, -0.2) is 4.79 Å². The van der Waals surface area contributed by atoms with Crippen LogP contribution in [-0.4, -0.2) is 34.0 Å². The number of unbranched alkanes of at least 4 members (excludes halogenated alkanes) is 3. The van der Waals surface area contributed by atoms with Gasteiger partial charge in [-0.05, 0) is 38.0 Å². The summed E-state index contributed by atoms with van der Waals surface area (Å²) < 4.78 is 14.8. The maximum atomic E-state index is 12.5. The van der Waals surface area contributed by atoms with Gasteiger partial charge < -0.3 is 14.0 Å². The summed E-state index contributed by atoms with van der Waals surface area (Å²) in [6.45, 7) is 8.18. The molecule has 162 valence electrons. The summed E-state index contributed by atoms with van der Waals surface area (Å²) in [4.78, 5) is 12.5. The minimum absolute atomic E-state index is 0.316. The lowest BCUT2D eigenvalue weighted by Gasteiger charge is -2.06. The number of methoxy groups -OCH3 is 1. The van der Waals surface area contributed by atoms with Gasteiger partial charge in [-0.2, -0.15) is 5.10 Å². The number of nitrogens with zero attached hydrogens (tertiary/aromatic N) is 3. The first kappa shape index (κ1) is 21.9. The first-order chi connectivity index (χ1) is 14.6. The van der Waals surface area contributed by atoms with Crippen LogP contribution in [0.3, 0.4) is 0 Å². The van der Waals surface area contributed by atoms with Crippen LogP contribution in [0.4, 0.5) is 0 Å². The quantitative estimate of drug-likeness (QED) is 0.301. The molecule has 0 N–H and O–H groups in total. The summed E-state index contributed by atoms with van der Waals surface area (Å²) in [6, 6.07) is 7.98. The average Bonchev–Trinajstić information content (AvgIpc) is 3.33. The third-order valence-corrected chi connectivity index (χ3v) is 5.36. The molecule has 1 aromatic carbocycles. The third kappa shape index (κ3) is 4.69. The normalized spacial score (nSPS) is 11.2. The molecule has 0 saturated heterocycles. The van der Waals surface area contributed by atoms with Crippen LogP contribution in [0.1, 0.15) is 63.4 Å². The second-order valence-corrected chi connectivity index (χ2v) is 7.54. The number of hydrogen-bond donors (Lipinski definition) is 0. The molecule has 0 radical (unpaired) electrons. The summed E-state index contributed by atoms with van der Waals surface area (Å²) in [7, 11) is 1.69. The molecule has 3 aromatic rings. The second-order valence-electron chi connectivity index (χ2n) is 7.54. The fourth-order valence-electron chi connectivity index (χ4n) is 3.72. The molecule has 0 aliphatic heterocycles. The Morgan fingerprint density at radius 3 is 2.53 bits per heavy atom. The number of hydrogen-bond acceptors (Lipinski definition) is 4. The summed E-state index contributed by atoms with van der Waals surface area (Å²) in [5.74, 6) is 0.520. The summed E-state index contributed by atoms with van der Waals surface area (Å²) in [6.07, 6.45) is 7.58. The summed E-state index contributed by atoms with van der Waals surface area (Å²) in [5.41, 5.74) is 3.48. The molecule has 0 spiro atoms. The van der Waals surface area contributed by atoms with Crippen molar-refractivity contribution in [2.45, 2.75) is 66.0 Å². The topological polar surface area (TPSA) is 58.3 Å². The Balaban J connectivity index is 2.07. The van der Waals surface area contributed by atoms with Crippen LogP contribution in [0, 0.1) is 0 Å². The van der Waals surface area contributed by atoms with E-state index in [1.807, 2.05) is 23.7 Å². The van der Waals surface area contributed by atoms with Crippen LogP contribution in [0.5, 0.6) is 5.75 Å². The third-order valence-electron chi connectivity index (χ3n) is 5.36. The number of ether oxygens (including phenoxy) is 2. The smallest absolute Gasteiger partial charge is 0.356 e. The van der Waals surface area contributed by atoms with E-state index in [1.54, 1.807) is 7.11 Å². The van der Waals surface area contributed by atoms with Gasteiger partial charge in [0.25, 0.3) is 0 Å². The lowest BCUT2D eigenvalue weighted by atomic mass is 10.1. The van der Waals surface area contributed by atoms with Crippen molar-refractivity contribution in [2.75, 3.05) is 13.7 Å². The van der Waals surface area contributed by atoms with Crippen LogP contribution < -0.4 is 4.74 Å². The zero-order valence-corrected chi connectivity index (χ0v) is 18.6. The Bertz CT molecular complexity index is 987. The minimum Gasteiger partial charge on any atom is -0.497 e. The molecule has 0 saturated carbocycles. The van der Waals surface area contributed by atoms with Crippen LogP contribution in [0.2, 0.25) is 0 Å². The number of carbonyl (C=O) groups excluding carboxylic acids is 1. The maximum absolute atomic E-state index is 12.5. The fraction of sp³-hybridized carbons (Fsp3) is 0.500. The monoisotopic (exact) mass is 411 g/mol. The van der Waals surface area contributed by atoms with E-state index in [9.17, 15) is 4.79 Å². The summed E-state index contributed by atoms with van der Waals surface area (Å²) >= 11 is 0. The maximum Gasteiger partial charge on any atom is 0.356 e. The highest BCUT2D eigenvalue weighted by molar-refractivity contribution is 5.97. The van der Waals surface area contributed by atoms with E-state index in [1.165, 1.54) is 0 Å². The fourth-order valence-corrected chi connectivity index (χ4v) is 3.72. The molecule has 3 rings (SSSR count). The van der Waals surface area contributed by atoms with Crippen molar-refractivity contribution in [1.29, 1.82) is 0 Å². The molecule has 0 amide bonds. The molecule has 0 unspecified atom stereocenters. The minimum atomic E-state index is -0.316. The molecule has 30 heavy (non-hydrogen) atoms. The number of fused-ring (bicyclic) bond motifs is 1. The molecule has 0 atom stereocenters. The van der Waals surface area contributed by atoms with Gasteiger partial charge >= 0.3 is 5.97 Å². The zero-order chi connectivity index (χ0) is 21.5. The summed E-state index contributed by atoms with van der Waals surface area (Å²) in [5, 5.41) is 5.92. The Morgan fingerprint density at radius 1 is 1.03 bits per heavy atom. The van der Waals surface area contributed by atoms with E-state index >= 15 is 0 Å². The standard InChI is InChI=1S/C24H33N3O3/c1-5-8-10-14-27-23(24(28)30-7-3)16-21(25-27)20-17-26(13-9-6-2)22-15-18(29-4)11-12-19(20)22/h11-12,15-17H,5-10,13-14H2,1-4H3. The molecule has 0 bridgehead atoms. The molecular formula is C24H33N3O3. The van der Waals surface area contributed by atoms with Gasteiger partial charge in [0.2, 0.25) is 0 Å². The molecule has 2 heterocycles. The van der Waals surface area contributed by atoms with Crippen LogP contribution in [-0.2, 0) is 17.8 Å². The predicted octanol–water partition coefficient (Wildman–Crippen LogP) is 5.68. The number of aryl methyl sites for hydroxylation is 2. The Hall–Kier alpha value is -2.76. The van der Waals surface area contributed by atoms with Gasteiger partial charge in [0.1, 0.15) is 11.4 Å². The molecule has 2 aromatic heterocycles. The Labute approximate surface area is 178 Å². The van der Waals surface area contributed by atoms with Crippen LogP contribution in [0.15, 0.2) is 30.5 Å². The Kier molecular flexibility index (Phi) is 7.55. The number of benzene rings is 1. The van der Waals surface area contributed by atoms with Crippen molar-refractivity contribution in [3.05, 3.63) is 36.2 Å². The van der Waals surface area contributed by atoms with E-state index in [4.69, 9.17) is 14.6 Å². The SMILES string of the molecule is CCCCCn1nc(-c2cn(CCCC)c3cc(OC)ccc23)cc1C(=O)OCC. The van der Waals surface area contributed by atoms with Crippen molar-refractivity contribution < 1.29 is 14.3 Å². The van der Waals surface area contributed by atoms with Crippen LogP contribution in [0.25, 0.3) is 22.2 Å². The van der Waals surface area contributed by atoms with E-state index < -0.39 is 0 Å². The second kappa shape index (κ2) is 10.3. The van der Waals surface area contributed by atoms with Crippen molar-refractivity contribution in [3.63, 3.8) is 0 Å². The number of rotatable bonds is 11. The average molecular weight is 412 g/mol. The number of esters is 1. The van der Waals surface area contributed by atoms with E-state index in [0.717, 1.165) is 66.6 Å². The lowest BCUT2D eigenvalue weighted by molar-refractivity contribution is 0.0511. The van der Waals surface area contributed by atoms with Crippen molar-refractivity contribution >= 4 is 16.9 Å². The first-order valence-electron chi connectivity index (χ1n) is 11.0. The number of carbonyl (C=O) groups is 1. The van der Waals surface area contributed by atoms with Gasteiger partial charge in [-0.3, -0.25) is 4.68 Å². The van der Waals surface area contributed by atoms with E-state index in [-0.39, 0.29) is 5.97 Å². The molecule has 0 aliphatic carbocycles. The first-order valence-corrected chi connectivity index (χ1v) is 11.0. The number of aromatic nitrogens is 3. The van der Waals surface area contributed by atoms with Gasteiger partial charge in [-0.15, -0.1) is 0 Å². The largest absolute Gasteiger partial charge is 0.497 e. The molecule has 6 heteroatoms. The highest BCUT2D eigenvalue weighted by Gasteiger charge is 2.20. The molecule has 0 fully saturated rings. The van der Waals surface area contributed by atoms with E-state index in [2.05, 4.69) is 36.7 Å². The lowest BCUT2D eigenvalue weighted by Crippen LogP contribution is -2.13. The van der Waals surface area contributed by atoms with E-state index in [0.29, 0.717) is 18.8 Å². The molecule has 0 aliphatic rings. The highest BCUT2D eigenvalue weighted by Crippen LogP contribution is 2.33. The van der Waals surface area contributed by atoms with Gasteiger partial charge in [0.15, 0.2) is 0 Å². The zero-order valence-electron chi connectivity index (χ0n) is 18.6. The molecule has 6 nitrogen and oxygen atoms in total. The van der Waals surface area contributed by atoms with Crippen molar-refractivity contribution in [2.24, 2.45) is 0 Å². The van der Waals surface area contributed by atoms with Gasteiger partial charge in [-0.1, -0.05) is 33.1 Å². The Morgan fingerprint density at radius 2 is 1.83 bits per heavy atom. The highest BCUT2D eigenvalue weighted by atomic mass is 16.5. The van der Waals surface area contributed by atoms with Crippen molar-refractivity contribution in [3.8, 4) is 17.0 Å². The van der Waals surface area contributed by atoms with Crippen molar-refractivity contribution in [1.82, 2.24) is 14.3 Å².